The van der Waals surface area contributed by atoms with Crippen molar-refractivity contribution in [2.24, 2.45) is 0 Å². The van der Waals surface area contributed by atoms with Gasteiger partial charge in [-0.05, 0) is 35.9 Å². The normalized spacial score (nSPS) is 11.1. The van der Waals surface area contributed by atoms with E-state index in [1.807, 2.05) is 0 Å². The molecular weight excluding hydrogens is 362 g/mol. The standard InChI is InChI=1S/C21H23NO6/c1-24-17-7-6-13(9-18(17)25-2)16(23)8-15(12-22)14-10-19(26-3)21(28-5)20(11-14)27-4/h6-7,9-11,15H,8H2,1-5H3/t15-/m1/s1. The lowest BCUT2D eigenvalue weighted by molar-refractivity contribution is 0.0978. The van der Waals surface area contributed by atoms with Crippen LogP contribution in [0.3, 0.4) is 0 Å². The minimum atomic E-state index is -0.686. The molecule has 2 aromatic rings. The van der Waals surface area contributed by atoms with Crippen LogP contribution in [0.2, 0.25) is 0 Å². The zero-order chi connectivity index (χ0) is 20.7. The molecule has 0 bridgehead atoms. The van der Waals surface area contributed by atoms with Gasteiger partial charge >= 0.3 is 0 Å². The Bertz CT molecular complexity index is 862. The topological polar surface area (TPSA) is 87.0 Å². The smallest absolute Gasteiger partial charge is 0.203 e. The molecule has 0 saturated heterocycles. The van der Waals surface area contributed by atoms with E-state index in [1.54, 1.807) is 30.3 Å². The molecule has 7 heteroatoms. The van der Waals surface area contributed by atoms with Crippen LogP contribution in [-0.2, 0) is 0 Å². The SMILES string of the molecule is COc1ccc(C(=O)C[C@H](C#N)c2cc(OC)c(OC)c(OC)c2)cc1OC. The van der Waals surface area contributed by atoms with E-state index in [0.29, 0.717) is 39.9 Å². The maximum Gasteiger partial charge on any atom is 0.203 e. The Morgan fingerprint density at radius 2 is 1.43 bits per heavy atom. The summed E-state index contributed by atoms with van der Waals surface area (Å²) in [5.41, 5.74) is 1.04. The molecule has 0 spiro atoms. The van der Waals surface area contributed by atoms with Gasteiger partial charge in [-0.2, -0.15) is 5.26 Å². The van der Waals surface area contributed by atoms with Crippen molar-refractivity contribution >= 4 is 5.78 Å². The largest absolute Gasteiger partial charge is 0.493 e. The van der Waals surface area contributed by atoms with E-state index in [4.69, 9.17) is 23.7 Å². The molecular formula is C21H23NO6. The first-order valence-electron chi connectivity index (χ1n) is 8.47. The number of Topliss-reactive ketones (excluding diaryl/α,β-unsaturated/α-hetero) is 1. The lowest BCUT2D eigenvalue weighted by Gasteiger charge is -2.16. The maximum absolute atomic E-state index is 12.8. The van der Waals surface area contributed by atoms with Gasteiger partial charge in [-0.25, -0.2) is 0 Å². The van der Waals surface area contributed by atoms with Crippen LogP contribution in [0.1, 0.15) is 28.3 Å². The Kier molecular flexibility index (Phi) is 7.10. The van der Waals surface area contributed by atoms with Gasteiger partial charge in [0, 0.05) is 12.0 Å². The zero-order valence-electron chi connectivity index (χ0n) is 16.6. The van der Waals surface area contributed by atoms with Gasteiger partial charge in [0.15, 0.2) is 28.8 Å². The summed E-state index contributed by atoms with van der Waals surface area (Å²) in [6, 6.07) is 10.4. The van der Waals surface area contributed by atoms with E-state index in [9.17, 15) is 10.1 Å². The van der Waals surface area contributed by atoms with E-state index in [1.165, 1.54) is 35.5 Å². The number of ketones is 1. The second-order valence-corrected chi connectivity index (χ2v) is 5.84. The number of hydrogen-bond donors (Lipinski definition) is 0. The average molecular weight is 385 g/mol. The first-order chi connectivity index (χ1) is 13.5. The number of carbonyl (C=O) groups excluding carboxylic acids is 1. The van der Waals surface area contributed by atoms with Crippen LogP contribution in [0, 0.1) is 11.3 Å². The third-order valence-corrected chi connectivity index (χ3v) is 4.34. The van der Waals surface area contributed by atoms with E-state index >= 15 is 0 Å². The van der Waals surface area contributed by atoms with Gasteiger partial charge < -0.3 is 23.7 Å². The number of methoxy groups -OCH3 is 5. The highest BCUT2D eigenvalue weighted by Crippen LogP contribution is 2.40. The molecule has 0 N–H and O–H groups in total. The van der Waals surface area contributed by atoms with E-state index in [-0.39, 0.29) is 12.2 Å². The minimum absolute atomic E-state index is 0.00931. The monoisotopic (exact) mass is 385 g/mol. The summed E-state index contributed by atoms with van der Waals surface area (Å²) < 4.78 is 26.4. The van der Waals surface area contributed by atoms with Gasteiger partial charge in [-0.1, -0.05) is 0 Å². The van der Waals surface area contributed by atoms with Crippen LogP contribution in [-0.4, -0.2) is 41.3 Å². The molecule has 1 atom stereocenters. The second kappa shape index (κ2) is 9.51. The van der Waals surface area contributed by atoms with Crippen molar-refractivity contribution in [2.45, 2.75) is 12.3 Å². The van der Waals surface area contributed by atoms with Crippen molar-refractivity contribution in [3.63, 3.8) is 0 Å². The molecule has 7 nitrogen and oxygen atoms in total. The lowest BCUT2D eigenvalue weighted by Crippen LogP contribution is -2.08. The third kappa shape index (κ3) is 4.29. The molecule has 28 heavy (non-hydrogen) atoms. The maximum atomic E-state index is 12.8. The molecule has 0 heterocycles. The lowest BCUT2D eigenvalue weighted by atomic mass is 9.92. The molecule has 0 aliphatic rings. The van der Waals surface area contributed by atoms with Crippen LogP contribution in [0.5, 0.6) is 28.7 Å². The number of nitrogens with zero attached hydrogens (tertiary/aromatic N) is 1. The molecule has 0 aromatic heterocycles. The van der Waals surface area contributed by atoms with Crippen LogP contribution < -0.4 is 23.7 Å². The summed E-state index contributed by atoms with van der Waals surface area (Å²) >= 11 is 0. The van der Waals surface area contributed by atoms with Gasteiger partial charge in [0.25, 0.3) is 0 Å². The van der Waals surface area contributed by atoms with E-state index in [0.717, 1.165) is 0 Å². The average Bonchev–Trinajstić information content (AvgIpc) is 2.75. The molecule has 0 saturated carbocycles. The number of hydrogen-bond acceptors (Lipinski definition) is 7. The van der Waals surface area contributed by atoms with E-state index in [2.05, 4.69) is 6.07 Å². The van der Waals surface area contributed by atoms with Crippen LogP contribution in [0.15, 0.2) is 30.3 Å². The Morgan fingerprint density at radius 3 is 1.89 bits per heavy atom. The highest BCUT2D eigenvalue weighted by Gasteiger charge is 2.22. The summed E-state index contributed by atoms with van der Waals surface area (Å²) in [5.74, 6) is 1.38. The second-order valence-electron chi connectivity index (χ2n) is 5.84. The Labute approximate surface area is 164 Å². The molecule has 0 aliphatic carbocycles. The van der Waals surface area contributed by atoms with Gasteiger partial charge in [0.2, 0.25) is 5.75 Å². The highest BCUT2D eigenvalue weighted by molar-refractivity contribution is 5.97. The quantitative estimate of drug-likeness (QED) is 0.609. The van der Waals surface area contributed by atoms with Crippen molar-refractivity contribution in [1.82, 2.24) is 0 Å². The fourth-order valence-corrected chi connectivity index (χ4v) is 2.85. The van der Waals surface area contributed by atoms with E-state index < -0.39 is 5.92 Å². The summed E-state index contributed by atoms with van der Waals surface area (Å²) in [5, 5.41) is 9.65. The Morgan fingerprint density at radius 1 is 0.857 bits per heavy atom. The van der Waals surface area contributed by atoms with Crippen LogP contribution >= 0.6 is 0 Å². The molecule has 0 amide bonds. The van der Waals surface area contributed by atoms with Gasteiger partial charge in [-0.15, -0.1) is 0 Å². The number of rotatable bonds is 9. The number of ether oxygens (including phenoxy) is 5. The number of benzene rings is 2. The van der Waals surface area contributed by atoms with Crippen molar-refractivity contribution < 1.29 is 28.5 Å². The van der Waals surface area contributed by atoms with Gasteiger partial charge in [0.05, 0.1) is 47.5 Å². The first-order valence-corrected chi connectivity index (χ1v) is 8.47. The summed E-state index contributed by atoms with van der Waals surface area (Å²) in [6.07, 6.45) is -0.00931. The first kappa shape index (κ1) is 20.9. The molecule has 2 rings (SSSR count). The summed E-state index contributed by atoms with van der Waals surface area (Å²) in [7, 11) is 7.52. The number of nitriles is 1. The van der Waals surface area contributed by atoms with Crippen LogP contribution in [0.4, 0.5) is 0 Å². The molecule has 2 aromatic carbocycles. The highest BCUT2D eigenvalue weighted by atomic mass is 16.5. The van der Waals surface area contributed by atoms with Crippen molar-refractivity contribution in [3.8, 4) is 34.8 Å². The minimum Gasteiger partial charge on any atom is -0.493 e. The third-order valence-electron chi connectivity index (χ3n) is 4.34. The molecule has 0 radical (unpaired) electrons. The zero-order valence-corrected chi connectivity index (χ0v) is 16.6. The predicted octanol–water partition coefficient (Wildman–Crippen LogP) is 3.61. The summed E-state index contributed by atoms with van der Waals surface area (Å²) in [4.78, 5) is 12.8. The Balaban J connectivity index is 2.34. The van der Waals surface area contributed by atoms with Crippen LogP contribution in [0.25, 0.3) is 0 Å². The van der Waals surface area contributed by atoms with Crippen molar-refractivity contribution in [2.75, 3.05) is 35.5 Å². The van der Waals surface area contributed by atoms with Crippen molar-refractivity contribution in [1.29, 1.82) is 5.26 Å². The molecule has 0 aliphatic heterocycles. The Hall–Kier alpha value is -3.40. The van der Waals surface area contributed by atoms with Gasteiger partial charge in [-0.3, -0.25) is 4.79 Å². The summed E-state index contributed by atoms with van der Waals surface area (Å²) in [6.45, 7) is 0. The fraction of sp³-hybridized carbons (Fsp3) is 0.333. The van der Waals surface area contributed by atoms with Crippen molar-refractivity contribution in [3.05, 3.63) is 41.5 Å². The molecule has 148 valence electrons. The fourth-order valence-electron chi connectivity index (χ4n) is 2.85. The number of carbonyl (C=O) groups is 1. The molecule has 0 fully saturated rings. The predicted molar refractivity (Wildman–Crippen MR) is 103 cm³/mol. The van der Waals surface area contributed by atoms with Gasteiger partial charge in [0.1, 0.15) is 0 Å². The molecule has 0 unspecified atom stereocenters.